The molecular weight excluding hydrogens is 460 g/mol. The number of carbonyl (C=O) groups excluding carboxylic acids is 2. The molecule has 0 aromatic rings. The van der Waals surface area contributed by atoms with E-state index in [-0.39, 0.29) is 35.6 Å². The predicted octanol–water partition coefficient (Wildman–Crippen LogP) is 7.67. The maximum absolute atomic E-state index is 14.0. The topological polar surface area (TPSA) is 52.6 Å². The molecule has 0 spiro atoms. The third-order valence-electron chi connectivity index (χ3n) is 9.59. The van der Waals surface area contributed by atoms with Crippen LogP contribution in [0.2, 0.25) is 0 Å². The normalized spacial score (nSPS) is 37.9. The second kappa shape index (κ2) is 11.2. The molecule has 0 heterocycles. The zero-order chi connectivity index (χ0) is 26.8. The van der Waals surface area contributed by atoms with E-state index in [9.17, 15) is 9.59 Å². The number of rotatable bonds is 10. The molecule has 0 saturated heterocycles. The fourth-order valence-electron chi connectivity index (χ4n) is 7.20. The Kier molecular flexibility index (Phi) is 8.35. The van der Waals surface area contributed by atoms with Crippen LogP contribution in [-0.4, -0.2) is 23.1 Å². The molecule has 202 valence electrons. The van der Waals surface area contributed by atoms with Crippen molar-refractivity contribution in [1.29, 1.82) is 0 Å². The van der Waals surface area contributed by atoms with Crippen LogP contribution in [0.3, 0.4) is 0 Å². The molecule has 37 heavy (non-hydrogen) atoms. The number of ether oxygens (including phenoxy) is 2. The number of hydrogen-bond acceptors (Lipinski definition) is 4. The molecule has 8 atom stereocenters. The number of hydrogen-bond donors (Lipinski definition) is 0. The minimum Gasteiger partial charge on any atom is -0.454 e. The quantitative estimate of drug-likeness (QED) is 0.225. The minimum atomic E-state index is -0.656. The van der Waals surface area contributed by atoms with Crippen LogP contribution in [0.1, 0.15) is 86.5 Å². The summed E-state index contributed by atoms with van der Waals surface area (Å²) in [6, 6.07) is 0. The average Bonchev–Trinajstić information content (AvgIpc) is 3.55. The summed E-state index contributed by atoms with van der Waals surface area (Å²) in [5, 5.41) is 0. The van der Waals surface area contributed by atoms with Gasteiger partial charge in [-0.1, -0.05) is 78.0 Å². The van der Waals surface area contributed by atoms with E-state index in [0.29, 0.717) is 12.8 Å². The molecule has 1 saturated carbocycles. The molecular formula is C33H46O4. The van der Waals surface area contributed by atoms with Gasteiger partial charge in [-0.25, -0.2) is 0 Å². The van der Waals surface area contributed by atoms with Crippen LogP contribution < -0.4 is 0 Å². The molecule has 4 nitrogen and oxygen atoms in total. The monoisotopic (exact) mass is 506 g/mol. The van der Waals surface area contributed by atoms with Crippen molar-refractivity contribution in [2.24, 2.45) is 35.5 Å². The SMILES string of the molecule is CCC1=CC(CC)(OC(=O)C2C3C=CC(C3)C2C(=O)OC2(CC)C=C(CC)C=CC2CC)C(CC)C=C1. The van der Waals surface area contributed by atoms with Gasteiger partial charge in [-0.2, -0.15) is 0 Å². The Balaban J connectivity index is 1.61. The standard InChI is InChI=1S/C33H46O4/c1-7-22-13-17-26(9-3)32(11-5,20-22)36-30(34)28-24-15-16-25(19-24)29(28)31(35)37-33(12-6)21-23(8-2)14-18-27(33)10-4/h13-18,20-21,24-29H,7-12,19H2,1-6H3. The summed E-state index contributed by atoms with van der Waals surface area (Å²) in [6.07, 6.45) is 23.1. The Morgan fingerprint density at radius 1 is 0.703 bits per heavy atom. The fourth-order valence-corrected chi connectivity index (χ4v) is 7.20. The van der Waals surface area contributed by atoms with E-state index in [1.807, 2.05) is 0 Å². The average molecular weight is 507 g/mol. The van der Waals surface area contributed by atoms with Gasteiger partial charge < -0.3 is 9.47 Å². The van der Waals surface area contributed by atoms with E-state index in [0.717, 1.165) is 32.1 Å². The summed E-state index contributed by atoms with van der Waals surface area (Å²) in [5.41, 5.74) is 1.08. The molecule has 8 unspecified atom stereocenters. The highest BCUT2D eigenvalue weighted by atomic mass is 16.6. The van der Waals surface area contributed by atoms with Crippen molar-refractivity contribution in [3.8, 4) is 0 Å². The highest BCUT2D eigenvalue weighted by Crippen LogP contribution is 2.51. The molecule has 4 aliphatic carbocycles. The van der Waals surface area contributed by atoms with Crippen LogP contribution in [0.15, 0.2) is 59.8 Å². The number of fused-ring (bicyclic) bond motifs is 2. The predicted molar refractivity (Wildman–Crippen MR) is 149 cm³/mol. The lowest BCUT2D eigenvalue weighted by Gasteiger charge is -2.41. The Bertz CT molecular complexity index is 949. The molecule has 0 radical (unpaired) electrons. The lowest BCUT2D eigenvalue weighted by atomic mass is 9.76. The summed E-state index contributed by atoms with van der Waals surface area (Å²) < 4.78 is 12.9. The second-order valence-electron chi connectivity index (χ2n) is 11.4. The van der Waals surface area contributed by atoms with Gasteiger partial charge in [-0.3, -0.25) is 9.59 Å². The molecule has 0 N–H and O–H groups in total. The second-order valence-corrected chi connectivity index (χ2v) is 11.4. The lowest BCUT2D eigenvalue weighted by Crippen LogP contribution is -2.47. The molecule has 4 heteroatoms. The molecule has 2 bridgehead atoms. The van der Waals surface area contributed by atoms with Crippen molar-refractivity contribution in [2.45, 2.75) is 97.7 Å². The van der Waals surface area contributed by atoms with Crippen LogP contribution in [0.25, 0.3) is 0 Å². The smallest absolute Gasteiger partial charge is 0.311 e. The van der Waals surface area contributed by atoms with Crippen molar-refractivity contribution in [2.75, 3.05) is 0 Å². The molecule has 0 aromatic heterocycles. The Hall–Kier alpha value is -2.36. The molecule has 0 amide bonds. The van der Waals surface area contributed by atoms with Crippen molar-refractivity contribution >= 4 is 11.9 Å². The van der Waals surface area contributed by atoms with E-state index in [1.54, 1.807) is 0 Å². The third-order valence-corrected chi connectivity index (χ3v) is 9.59. The highest BCUT2D eigenvalue weighted by Gasteiger charge is 2.56. The zero-order valence-electron chi connectivity index (χ0n) is 23.7. The first-order valence-electron chi connectivity index (χ1n) is 14.7. The summed E-state index contributed by atoms with van der Waals surface area (Å²) >= 11 is 0. The van der Waals surface area contributed by atoms with Crippen molar-refractivity contribution in [3.05, 3.63) is 59.8 Å². The van der Waals surface area contributed by atoms with Crippen molar-refractivity contribution in [3.63, 3.8) is 0 Å². The van der Waals surface area contributed by atoms with Crippen LogP contribution in [0, 0.1) is 35.5 Å². The van der Waals surface area contributed by atoms with Gasteiger partial charge >= 0.3 is 11.9 Å². The Morgan fingerprint density at radius 3 is 1.43 bits per heavy atom. The molecule has 4 rings (SSSR count). The summed E-state index contributed by atoms with van der Waals surface area (Å²) in [7, 11) is 0. The largest absolute Gasteiger partial charge is 0.454 e. The van der Waals surface area contributed by atoms with Gasteiger partial charge in [-0.05, 0) is 80.1 Å². The first-order valence-corrected chi connectivity index (χ1v) is 14.7. The number of esters is 2. The highest BCUT2D eigenvalue weighted by molar-refractivity contribution is 5.85. The summed E-state index contributed by atoms with van der Waals surface area (Å²) in [6.45, 7) is 12.7. The van der Waals surface area contributed by atoms with Crippen LogP contribution in [0.4, 0.5) is 0 Å². The minimum absolute atomic E-state index is 0.0327. The molecule has 0 aliphatic heterocycles. The van der Waals surface area contributed by atoms with Gasteiger partial charge in [0.1, 0.15) is 11.2 Å². The van der Waals surface area contributed by atoms with Gasteiger partial charge in [0.15, 0.2) is 0 Å². The van der Waals surface area contributed by atoms with Crippen LogP contribution >= 0.6 is 0 Å². The van der Waals surface area contributed by atoms with Crippen molar-refractivity contribution < 1.29 is 19.1 Å². The lowest BCUT2D eigenvalue weighted by molar-refractivity contribution is -0.178. The third kappa shape index (κ3) is 4.93. The summed E-state index contributed by atoms with van der Waals surface area (Å²) in [5.74, 6) is -1.13. The molecule has 0 aromatic carbocycles. The first-order chi connectivity index (χ1) is 17.8. The first kappa shape index (κ1) is 27.7. The number of carbonyl (C=O) groups is 2. The van der Waals surface area contributed by atoms with Gasteiger partial charge in [0.25, 0.3) is 0 Å². The van der Waals surface area contributed by atoms with Crippen LogP contribution in [-0.2, 0) is 19.1 Å². The van der Waals surface area contributed by atoms with Gasteiger partial charge in [0, 0.05) is 11.8 Å². The number of allylic oxidation sites excluding steroid dienone is 6. The van der Waals surface area contributed by atoms with E-state index in [2.05, 4.69) is 90.2 Å². The molecule has 1 fully saturated rings. The van der Waals surface area contributed by atoms with Crippen LogP contribution in [0.5, 0.6) is 0 Å². The van der Waals surface area contributed by atoms with Gasteiger partial charge in [-0.15, -0.1) is 0 Å². The fraction of sp³-hybridized carbons (Fsp3) is 0.636. The van der Waals surface area contributed by atoms with E-state index >= 15 is 0 Å². The summed E-state index contributed by atoms with van der Waals surface area (Å²) in [4.78, 5) is 27.9. The van der Waals surface area contributed by atoms with Crippen molar-refractivity contribution in [1.82, 2.24) is 0 Å². The Morgan fingerprint density at radius 2 is 1.11 bits per heavy atom. The maximum atomic E-state index is 14.0. The maximum Gasteiger partial charge on any atom is 0.311 e. The molecule has 4 aliphatic rings. The Labute approximate surface area is 223 Å². The van der Waals surface area contributed by atoms with E-state index < -0.39 is 23.0 Å². The zero-order valence-corrected chi connectivity index (χ0v) is 23.7. The van der Waals surface area contributed by atoms with E-state index in [1.165, 1.54) is 11.1 Å². The van der Waals surface area contributed by atoms with Gasteiger partial charge in [0.05, 0.1) is 11.8 Å². The van der Waals surface area contributed by atoms with E-state index in [4.69, 9.17) is 9.47 Å². The van der Waals surface area contributed by atoms with Gasteiger partial charge in [0.2, 0.25) is 0 Å².